The first-order valence-corrected chi connectivity index (χ1v) is 6.05. The maximum Gasteiger partial charge on any atom is 0.336 e. The van der Waals surface area contributed by atoms with Crippen LogP contribution >= 0.6 is 0 Å². The van der Waals surface area contributed by atoms with Crippen molar-refractivity contribution in [2.45, 2.75) is 20.3 Å². The van der Waals surface area contributed by atoms with E-state index in [9.17, 15) is 9.90 Å². The van der Waals surface area contributed by atoms with E-state index in [0.717, 1.165) is 28.7 Å². The Morgan fingerprint density at radius 1 is 1.17 bits per heavy atom. The molecule has 2 aromatic carbocycles. The summed E-state index contributed by atoms with van der Waals surface area (Å²) >= 11 is 0. The quantitative estimate of drug-likeness (QED) is 0.882. The fraction of sp³-hybridized carbons (Fsp3) is 0.188. The van der Waals surface area contributed by atoms with Crippen molar-refractivity contribution in [3.63, 3.8) is 0 Å². The van der Waals surface area contributed by atoms with Gasteiger partial charge in [-0.25, -0.2) is 4.79 Å². The summed E-state index contributed by atoms with van der Waals surface area (Å²) in [6.45, 7) is 3.93. The lowest BCUT2D eigenvalue weighted by Gasteiger charge is -2.12. The third kappa shape index (κ3) is 2.28. The van der Waals surface area contributed by atoms with Gasteiger partial charge in [-0.1, -0.05) is 49.4 Å². The van der Waals surface area contributed by atoms with Crippen molar-refractivity contribution in [1.82, 2.24) is 0 Å². The third-order valence-corrected chi connectivity index (χ3v) is 3.10. The molecule has 0 atom stereocenters. The molecular formula is C16H16O2. The Kier molecular flexibility index (Phi) is 3.47. The van der Waals surface area contributed by atoms with E-state index in [1.165, 1.54) is 0 Å². The zero-order valence-electron chi connectivity index (χ0n) is 10.6. The first-order valence-electron chi connectivity index (χ1n) is 6.05. The van der Waals surface area contributed by atoms with Crippen LogP contribution in [0.3, 0.4) is 0 Å². The second kappa shape index (κ2) is 5.05. The maximum atomic E-state index is 11.4. The summed E-state index contributed by atoms with van der Waals surface area (Å²) in [5, 5.41) is 9.37. The van der Waals surface area contributed by atoms with Crippen LogP contribution in [-0.4, -0.2) is 11.1 Å². The van der Waals surface area contributed by atoms with Crippen LogP contribution in [0.15, 0.2) is 42.5 Å². The van der Waals surface area contributed by atoms with E-state index in [4.69, 9.17) is 0 Å². The summed E-state index contributed by atoms with van der Waals surface area (Å²) in [5.74, 6) is -0.867. The van der Waals surface area contributed by atoms with Gasteiger partial charge < -0.3 is 5.11 Å². The number of aryl methyl sites for hydroxylation is 2. The van der Waals surface area contributed by atoms with Gasteiger partial charge in [-0.05, 0) is 35.6 Å². The van der Waals surface area contributed by atoms with E-state index in [2.05, 4.69) is 6.92 Å². The van der Waals surface area contributed by atoms with Crippen molar-refractivity contribution in [1.29, 1.82) is 0 Å². The van der Waals surface area contributed by atoms with Gasteiger partial charge in [-0.15, -0.1) is 0 Å². The number of rotatable bonds is 3. The van der Waals surface area contributed by atoms with Gasteiger partial charge >= 0.3 is 5.97 Å². The molecule has 0 aromatic heterocycles. The van der Waals surface area contributed by atoms with Crippen LogP contribution in [0.1, 0.15) is 28.4 Å². The minimum Gasteiger partial charge on any atom is -0.478 e. The fourth-order valence-electron chi connectivity index (χ4n) is 2.20. The average Bonchev–Trinajstić information content (AvgIpc) is 2.38. The molecular weight excluding hydrogens is 224 g/mol. The molecule has 0 unspecified atom stereocenters. The predicted molar refractivity (Wildman–Crippen MR) is 73.0 cm³/mol. The molecule has 2 heteroatoms. The minimum absolute atomic E-state index is 0.401. The second-order valence-corrected chi connectivity index (χ2v) is 4.36. The van der Waals surface area contributed by atoms with E-state index >= 15 is 0 Å². The highest BCUT2D eigenvalue weighted by Crippen LogP contribution is 2.28. The smallest absolute Gasteiger partial charge is 0.336 e. The monoisotopic (exact) mass is 240 g/mol. The molecule has 2 nitrogen and oxygen atoms in total. The molecule has 0 saturated carbocycles. The zero-order chi connectivity index (χ0) is 13.1. The second-order valence-electron chi connectivity index (χ2n) is 4.36. The molecule has 0 heterocycles. The molecule has 0 fully saturated rings. The summed E-state index contributed by atoms with van der Waals surface area (Å²) in [6, 6.07) is 13.6. The Balaban J connectivity index is 2.71. The lowest BCUT2D eigenvalue weighted by atomic mass is 9.93. The Morgan fingerprint density at radius 3 is 2.39 bits per heavy atom. The van der Waals surface area contributed by atoms with E-state index < -0.39 is 5.97 Å². The summed E-state index contributed by atoms with van der Waals surface area (Å²) in [7, 11) is 0. The lowest BCUT2D eigenvalue weighted by molar-refractivity contribution is 0.0697. The van der Waals surface area contributed by atoms with E-state index in [0.29, 0.717) is 5.56 Å². The number of hydrogen-bond donors (Lipinski definition) is 1. The van der Waals surface area contributed by atoms with Crippen LogP contribution in [0.25, 0.3) is 11.1 Å². The van der Waals surface area contributed by atoms with Crippen LogP contribution in [0.5, 0.6) is 0 Å². The van der Waals surface area contributed by atoms with E-state index in [-0.39, 0.29) is 0 Å². The Bertz CT molecular complexity index is 571. The highest BCUT2D eigenvalue weighted by molar-refractivity contribution is 5.97. The molecule has 0 aliphatic carbocycles. The molecule has 0 bridgehead atoms. The Labute approximate surface area is 107 Å². The zero-order valence-corrected chi connectivity index (χ0v) is 10.6. The molecule has 2 aromatic rings. The number of hydrogen-bond acceptors (Lipinski definition) is 1. The largest absolute Gasteiger partial charge is 0.478 e. The average molecular weight is 240 g/mol. The van der Waals surface area contributed by atoms with Crippen molar-refractivity contribution in [2.75, 3.05) is 0 Å². The normalized spacial score (nSPS) is 10.3. The van der Waals surface area contributed by atoms with Gasteiger partial charge in [0.2, 0.25) is 0 Å². The molecule has 2 rings (SSSR count). The van der Waals surface area contributed by atoms with Crippen molar-refractivity contribution in [2.24, 2.45) is 0 Å². The molecule has 0 amide bonds. The van der Waals surface area contributed by atoms with Gasteiger partial charge in [0.25, 0.3) is 0 Å². The molecule has 0 saturated heterocycles. The van der Waals surface area contributed by atoms with Gasteiger partial charge in [0.1, 0.15) is 0 Å². The van der Waals surface area contributed by atoms with Gasteiger partial charge in [0.15, 0.2) is 0 Å². The van der Waals surface area contributed by atoms with Crippen LogP contribution in [0.2, 0.25) is 0 Å². The molecule has 0 aliphatic heterocycles. The number of carboxylic acid groups (broad SMARTS) is 1. The maximum absolute atomic E-state index is 11.4. The SMILES string of the molecule is CCc1cc(C)c(C(=O)O)c(-c2ccccc2)c1. The van der Waals surface area contributed by atoms with Crippen molar-refractivity contribution in [3.8, 4) is 11.1 Å². The van der Waals surface area contributed by atoms with Gasteiger partial charge in [-0.2, -0.15) is 0 Å². The number of carboxylic acids is 1. The van der Waals surface area contributed by atoms with Gasteiger partial charge in [-0.3, -0.25) is 0 Å². The van der Waals surface area contributed by atoms with Crippen LogP contribution < -0.4 is 0 Å². The first-order chi connectivity index (χ1) is 8.63. The van der Waals surface area contributed by atoms with Crippen LogP contribution in [0.4, 0.5) is 0 Å². The molecule has 0 spiro atoms. The van der Waals surface area contributed by atoms with Crippen molar-refractivity contribution >= 4 is 5.97 Å². The van der Waals surface area contributed by atoms with Crippen LogP contribution in [0, 0.1) is 6.92 Å². The summed E-state index contributed by atoms with van der Waals surface area (Å²) in [6.07, 6.45) is 0.903. The predicted octanol–water partition coefficient (Wildman–Crippen LogP) is 3.92. The number of aromatic carboxylic acids is 1. The highest BCUT2D eigenvalue weighted by Gasteiger charge is 2.15. The number of benzene rings is 2. The summed E-state index contributed by atoms with van der Waals surface area (Å²) in [4.78, 5) is 11.4. The molecule has 92 valence electrons. The highest BCUT2D eigenvalue weighted by atomic mass is 16.4. The molecule has 18 heavy (non-hydrogen) atoms. The summed E-state index contributed by atoms with van der Waals surface area (Å²) in [5.41, 5.74) is 4.14. The fourth-order valence-corrected chi connectivity index (χ4v) is 2.20. The molecule has 0 radical (unpaired) electrons. The Morgan fingerprint density at radius 2 is 1.83 bits per heavy atom. The first kappa shape index (κ1) is 12.4. The van der Waals surface area contributed by atoms with Crippen molar-refractivity contribution in [3.05, 3.63) is 59.2 Å². The van der Waals surface area contributed by atoms with Crippen LogP contribution in [-0.2, 0) is 6.42 Å². The standard InChI is InChI=1S/C16H16O2/c1-3-12-9-11(2)15(16(17)18)14(10-12)13-7-5-4-6-8-13/h4-10H,3H2,1-2H3,(H,17,18). The molecule has 1 N–H and O–H groups in total. The topological polar surface area (TPSA) is 37.3 Å². The number of carbonyl (C=O) groups is 1. The van der Waals surface area contributed by atoms with Gasteiger partial charge in [0, 0.05) is 0 Å². The molecule has 0 aliphatic rings. The third-order valence-electron chi connectivity index (χ3n) is 3.10. The minimum atomic E-state index is -0.867. The van der Waals surface area contributed by atoms with E-state index in [1.807, 2.05) is 49.4 Å². The van der Waals surface area contributed by atoms with Gasteiger partial charge in [0.05, 0.1) is 5.56 Å². The Hall–Kier alpha value is -2.09. The van der Waals surface area contributed by atoms with Crippen molar-refractivity contribution < 1.29 is 9.90 Å². The lowest BCUT2D eigenvalue weighted by Crippen LogP contribution is -2.04. The van der Waals surface area contributed by atoms with E-state index in [1.54, 1.807) is 0 Å². The summed E-state index contributed by atoms with van der Waals surface area (Å²) < 4.78 is 0.